The quantitative estimate of drug-likeness (QED) is 0.917. The van der Waals surface area contributed by atoms with Gasteiger partial charge in [-0.25, -0.2) is 0 Å². The molecule has 0 aromatic carbocycles. The summed E-state index contributed by atoms with van der Waals surface area (Å²) >= 11 is 0. The second kappa shape index (κ2) is 5.95. The van der Waals surface area contributed by atoms with Gasteiger partial charge >= 0.3 is 0 Å². The highest BCUT2D eigenvalue weighted by Gasteiger charge is 2.31. The van der Waals surface area contributed by atoms with Gasteiger partial charge in [0.1, 0.15) is 0 Å². The van der Waals surface area contributed by atoms with Crippen LogP contribution in [0.1, 0.15) is 49.4 Å². The first-order valence-electron chi connectivity index (χ1n) is 7.77. The highest BCUT2D eigenvalue weighted by Crippen LogP contribution is 2.31. The van der Waals surface area contributed by atoms with E-state index in [4.69, 9.17) is 0 Å². The van der Waals surface area contributed by atoms with Crippen molar-refractivity contribution >= 4 is 5.91 Å². The normalized spacial score (nSPS) is 24.2. The summed E-state index contributed by atoms with van der Waals surface area (Å²) in [5.74, 6) is 0.283. The SMILES string of the molecule is Cc1cn[nH]c1[C@H]1CCCCN1C(=O)CN1CCCC1. The number of nitrogens with zero attached hydrogens (tertiary/aromatic N) is 3. The van der Waals surface area contributed by atoms with E-state index in [1.54, 1.807) is 0 Å². The Morgan fingerprint density at radius 3 is 2.75 bits per heavy atom. The summed E-state index contributed by atoms with van der Waals surface area (Å²) in [4.78, 5) is 17.0. The summed E-state index contributed by atoms with van der Waals surface area (Å²) in [6.07, 6.45) is 7.68. The second-order valence-corrected chi connectivity index (χ2v) is 6.05. The summed E-state index contributed by atoms with van der Waals surface area (Å²) in [6, 6.07) is 0.196. The van der Waals surface area contributed by atoms with Crippen molar-refractivity contribution in [3.8, 4) is 0 Å². The Labute approximate surface area is 120 Å². The number of nitrogens with one attached hydrogen (secondary N) is 1. The minimum atomic E-state index is 0.196. The zero-order chi connectivity index (χ0) is 13.9. The molecule has 1 N–H and O–H groups in total. The van der Waals surface area contributed by atoms with Crippen molar-refractivity contribution in [2.45, 2.75) is 45.1 Å². The van der Waals surface area contributed by atoms with Crippen molar-refractivity contribution in [1.82, 2.24) is 20.0 Å². The van der Waals surface area contributed by atoms with Crippen LogP contribution in [0.4, 0.5) is 0 Å². The summed E-state index contributed by atoms with van der Waals surface area (Å²) in [5.41, 5.74) is 2.29. The summed E-state index contributed by atoms with van der Waals surface area (Å²) in [6.45, 7) is 5.69. The Hall–Kier alpha value is -1.36. The van der Waals surface area contributed by atoms with Crippen LogP contribution < -0.4 is 0 Å². The standard InChI is InChI=1S/C15H24N4O/c1-12-10-16-17-15(12)13-6-2-3-9-19(13)14(20)11-18-7-4-5-8-18/h10,13H,2-9,11H2,1H3,(H,16,17)/t13-/m1/s1. The Morgan fingerprint density at radius 1 is 1.30 bits per heavy atom. The Balaban J connectivity index is 1.71. The molecule has 1 amide bonds. The van der Waals surface area contributed by atoms with Gasteiger partial charge in [-0.1, -0.05) is 0 Å². The van der Waals surface area contributed by atoms with Crippen molar-refractivity contribution in [3.63, 3.8) is 0 Å². The fourth-order valence-corrected chi connectivity index (χ4v) is 3.45. The van der Waals surface area contributed by atoms with Gasteiger partial charge in [0, 0.05) is 6.54 Å². The molecule has 5 heteroatoms. The van der Waals surface area contributed by atoms with E-state index in [-0.39, 0.29) is 11.9 Å². The summed E-state index contributed by atoms with van der Waals surface area (Å²) < 4.78 is 0. The Kier molecular flexibility index (Phi) is 4.05. The van der Waals surface area contributed by atoms with Gasteiger partial charge in [-0.2, -0.15) is 5.10 Å². The molecular weight excluding hydrogens is 252 g/mol. The summed E-state index contributed by atoms with van der Waals surface area (Å²) in [7, 11) is 0. The molecule has 0 unspecified atom stereocenters. The van der Waals surface area contributed by atoms with E-state index in [0.29, 0.717) is 6.54 Å². The first kappa shape index (κ1) is 13.6. The molecule has 20 heavy (non-hydrogen) atoms. The first-order chi connectivity index (χ1) is 9.75. The molecule has 1 aromatic rings. The number of aromatic amines is 1. The minimum absolute atomic E-state index is 0.196. The fraction of sp³-hybridized carbons (Fsp3) is 0.733. The van der Waals surface area contributed by atoms with Gasteiger partial charge in [0.2, 0.25) is 5.91 Å². The average Bonchev–Trinajstić information content (AvgIpc) is 3.10. The lowest BCUT2D eigenvalue weighted by Gasteiger charge is -2.36. The van der Waals surface area contributed by atoms with Crippen molar-refractivity contribution in [2.75, 3.05) is 26.2 Å². The molecule has 2 aliphatic heterocycles. The van der Waals surface area contributed by atoms with Crippen LogP contribution in [0, 0.1) is 6.92 Å². The third-order valence-electron chi connectivity index (χ3n) is 4.58. The summed E-state index contributed by atoms with van der Waals surface area (Å²) in [5, 5.41) is 7.22. The maximum atomic E-state index is 12.6. The lowest BCUT2D eigenvalue weighted by atomic mass is 9.97. The maximum absolute atomic E-state index is 12.6. The lowest BCUT2D eigenvalue weighted by molar-refractivity contribution is -0.136. The van der Waals surface area contributed by atoms with Crippen molar-refractivity contribution in [3.05, 3.63) is 17.5 Å². The predicted molar refractivity (Wildman–Crippen MR) is 77.3 cm³/mol. The van der Waals surface area contributed by atoms with E-state index in [1.807, 2.05) is 6.20 Å². The minimum Gasteiger partial charge on any atom is -0.333 e. The van der Waals surface area contributed by atoms with Crippen LogP contribution in [0.15, 0.2) is 6.20 Å². The third-order valence-corrected chi connectivity index (χ3v) is 4.58. The predicted octanol–water partition coefficient (Wildman–Crippen LogP) is 1.87. The number of carbonyl (C=O) groups is 1. The van der Waals surface area contributed by atoms with E-state index in [0.717, 1.165) is 43.7 Å². The first-order valence-corrected chi connectivity index (χ1v) is 7.77. The Morgan fingerprint density at radius 2 is 2.05 bits per heavy atom. The highest BCUT2D eigenvalue weighted by molar-refractivity contribution is 5.79. The largest absolute Gasteiger partial charge is 0.333 e. The molecule has 1 aromatic heterocycles. The van der Waals surface area contributed by atoms with Crippen molar-refractivity contribution in [2.24, 2.45) is 0 Å². The van der Waals surface area contributed by atoms with Crippen LogP contribution in [-0.2, 0) is 4.79 Å². The molecule has 5 nitrogen and oxygen atoms in total. The van der Waals surface area contributed by atoms with Gasteiger partial charge in [0.15, 0.2) is 0 Å². The molecule has 0 saturated carbocycles. The van der Waals surface area contributed by atoms with Gasteiger partial charge in [-0.05, 0) is 57.7 Å². The van der Waals surface area contributed by atoms with E-state index in [1.165, 1.54) is 19.3 Å². The van der Waals surface area contributed by atoms with E-state index < -0.39 is 0 Å². The molecule has 2 aliphatic rings. The second-order valence-electron chi connectivity index (χ2n) is 6.05. The van der Waals surface area contributed by atoms with E-state index >= 15 is 0 Å². The molecule has 110 valence electrons. The number of likely N-dealkylation sites (tertiary alicyclic amines) is 2. The molecule has 1 atom stereocenters. The number of aryl methyl sites for hydroxylation is 1. The number of carbonyl (C=O) groups excluding carboxylic acids is 1. The lowest BCUT2D eigenvalue weighted by Crippen LogP contribution is -2.44. The monoisotopic (exact) mass is 276 g/mol. The molecule has 0 spiro atoms. The van der Waals surface area contributed by atoms with Crippen LogP contribution in [0.3, 0.4) is 0 Å². The smallest absolute Gasteiger partial charge is 0.237 e. The van der Waals surface area contributed by atoms with Crippen LogP contribution in [-0.4, -0.2) is 52.1 Å². The number of H-pyrrole nitrogens is 1. The van der Waals surface area contributed by atoms with Gasteiger partial charge in [-0.15, -0.1) is 0 Å². The molecule has 2 fully saturated rings. The number of hydrogen-bond acceptors (Lipinski definition) is 3. The maximum Gasteiger partial charge on any atom is 0.237 e. The molecule has 3 heterocycles. The van der Waals surface area contributed by atoms with Gasteiger partial charge in [-0.3, -0.25) is 14.8 Å². The number of aromatic nitrogens is 2. The fourth-order valence-electron chi connectivity index (χ4n) is 3.45. The molecule has 3 rings (SSSR count). The molecule has 0 radical (unpaired) electrons. The zero-order valence-electron chi connectivity index (χ0n) is 12.3. The van der Waals surface area contributed by atoms with Crippen LogP contribution >= 0.6 is 0 Å². The molecule has 2 saturated heterocycles. The van der Waals surface area contributed by atoms with Crippen LogP contribution in [0.25, 0.3) is 0 Å². The van der Waals surface area contributed by atoms with E-state index in [9.17, 15) is 4.79 Å². The van der Waals surface area contributed by atoms with Gasteiger partial charge in [0.25, 0.3) is 0 Å². The van der Waals surface area contributed by atoms with Crippen LogP contribution in [0.2, 0.25) is 0 Å². The molecular formula is C15H24N4O. The van der Waals surface area contributed by atoms with Crippen molar-refractivity contribution < 1.29 is 4.79 Å². The Bertz CT molecular complexity index is 464. The topological polar surface area (TPSA) is 52.2 Å². The van der Waals surface area contributed by atoms with E-state index in [2.05, 4.69) is 26.9 Å². The number of hydrogen-bond donors (Lipinski definition) is 1. The number of amides is 1. The van der Waals surface area contributed by atoms with Gasteiger partial charge < -0.3 is 4.90 Å². The van der Waals surface area contributed by atoms with Gasteiger partial charge in [0.05, 0.1) is 24.5 Å². The zero-order valence-corrected chi connectivity index (χ0v) is 12.3. The number of piperidine rings is 1. The highest BCUT2D eigenvalue weighted by atomic mass is 16.2. The molecule has 0 aliphatic carbocycles. The average molecular weight is 276 g/mol. The van der Waals surface area contributed by atoms with Crippen LogP contribution in [0.5, 0.6) is 0 Å². The number of rotatable bonds is 3. The van der Waals surface area contributed by atoms with Crippen molar-refractivity contribution in [1.29, 1.82) is 0 Å². The third kappa shape index (κ3) is 2.73. The molecule has 0 bridgehead atoms.